The maximum Gasteiger partial charge on any atom is 0.406 e. The van der Waals surface area contributed by atoms with Crippen LogP contribution < -0.4 is 9.62 Å². The number of sulfonamides is 1. The zero-order valence-electron chi connectivity index (χ0n) is 27.8. The van der Waals surface area contributed by atoms with Crippen LogP contribution in [-0.4, -0.2) is 81.3 Å². The molecule has 6 rings (SSSR count). The number of hydrogen-bond donors (Lipinski definition) is 1. The van der Waals surface area contributed by atoms with Gasteiger partial charge in [-0.2, -0.15) is 17.9 Å². The Balaban J connectivity index is 1.24. The minimum Gasteiger partial charge on any atom is -0.361 e. The van der Waals surface area contributed by atoms with E-state index in [-0.39, 0.29) is 36.8 Å². The summed E-state index contributed by atoms with van der Waals surface area (Å²) in [6.07, 6.45) is -1.50. The lowest BCUT2D eigenvalue weighted by atomic mass is 9.80. The van der Waals surface area contributed by atoms with Gasteiger partial charge in [0.05, 0.1) is 5.41 Å². The number of piperidine rings is 1. The Kier molecular flexibility index (Phi) is 9.26. The van der Waals surface area contributed by atoms with Crippen LogP contribution in [0.5, 0.6) is 0 Å². The van der Waals surface area contributed by atoms with Gasteiger partial charge < -0.3 is 9.64 Å². The molecule has 1 aliphatic carbocycles. The topological polar surface area (TPSA) is 122 Å². The van der Waals surface area contributed by atoms with Crippen molar-refractivity contribution in [1.82, 2.24) is 19.6 Å². The van der Waals surface area contributed by atoms with Crippen molar-refractivity contribution in [3.63, 3.8) is 0 Å². The fourth-order valence-corrected chi connectivity index (χ4v) is 9.11. The largest absolute Gasteiger partial charge is 0.406 e. The maximum atomic E-state index is 14.1. The Hall–Kier alpha value is -3.66. The van der Waals surface area contributed by atoms with Gasteiger partial charge in [-0.15, -0.1) is 0 Å². The third kappa shape index (κ3) is 7.03. The SMILES string of the molecule is C[C@@H]1[C@H](c2ccccc2)C[C@H](NS(=O)(=O)c2cnc3c(c2)CC2(C3)C(=O)N(COCC[Si](C)(C)C)c3ncccc32)C(=O)N1CC(F)(F)F. The number of amides is 2. The molecule has 1 N–H and O–H groups in total. The Morgan fingerprint density at radius 2 is 1.80 bits per heavy atom. The monoisotopic (exact) mass is 715 g/mol. The van der Waals surface area contributed by atoms with Crippen LogP contribution in [0.4, 0.5) is 19.0 Å². The van der Waals surface area contributed by atoms with Crippen LogP contribution in [-0.2, 0) is 42.6 Å². The molecule has 10 nitrogen and oxygen atoms in total. The number of likely N-dealkylation sites (tertiary alicyclic amines) is 1. The Morgan fingerprint density at radius 1 is 1.06 bits per heavy atom. The summed E-state index contributed by atoms with van der Waals surface area (Å²) in [5, 5.41) is 0. The molecular weight excluding hydrogens is 676 g/mol. The lowest BCUT2D eigenvalue weighted by molar-refractivity contribution is -0.170. The predicted octanol–water partition coefficient (Wildman–Crippen LogP) is 4.79. The number of rotatable bonds is 10. The molecule has 1 spiro atoms. The van der Waals surface area contributed by atoms with Gasteiger partial charge in [-0.3, -0.25) is 19.5 Å². The molecule has 0 saturated carbocycles. The molecular formula is C34H40F3N5O5SSi. The van der Waals surface area contributed by atoms with E-state index >= 15 is 0 Å². The van der Waals surface area contributed by atoms with Crippen LogP contribution >= 0.6 is 0 Å². The van der Waals surface area contributed by atoms with Gasteiger partial charge in [0, 0.05) is 56.7 Å². The molecule has 2 aromatic heterocycles. The molecule has 4 heterocycles. The van der Waals surface area contributed by atoms with Crippen molar-refractivity contribution in [3.8, 4) is 0 Å². The van der Waals surface area contributed by atoms with Gasteiger partial charge >= 0.3 is 6.18 Å². The Morgan fingerprint density at radius 3 is 2.49 bits per heavy atom. The maximum absolute atomic E-state index is 14.1. The molecule has 2 aliphatic heterocycles. The summed E-state index contributed by atoms with van der Waals surface area (Å²) >= 11 is 0. The molecule has 1 aromatic carbocycles. The minimum atomic E-state index is -4.67. The van der Waals surface area contributed by atoms with E-state index in [1.807, 2.05) is 6.07 Å². The number of carbonyl (C=O) groups is 2. The van der Waals surface area contributed by atoms with E-state index in [9.17, 15) is 31.2 Å². The van der Waals surface area contributed by atoms with E-state index in [1.165, 1.54) is 17.2 Å². The fourth-order valence-electron chi connectivity index (χ4n) is 7.15. The fraction of sp³-hybridized carbons (Fsp3) is 0.471. The normalized spacial score (nSPS) is 24.1. The van der Waals surface area contributed by atoms with Crippen LogP contribution in [0, 0.1) is 0 Å². The third-order valence-corrected chi connectivity index (χ3v) is 12.9. The Bertz CT molecular complexity index is 1860. The second-order valence-electron chi connectivity index (χ2n) is 14.4. The van der Waals surface area contributed by atoms with Crippen LogP contribution in [0.3, 0.4) is 0 Å². The van der Waals surface area contributed by atoms with Crippen molar-refractivity contribution < 1.29 is 35.9 Å². The molecule has 0 bridgehead atoms. The number of aromatic nitrogens is 2. The van der Waals surface area contributed by atoms with E-state index < -0.39 is 60.1 Å². The summed E-state index contributed by atoms with van der Waals surface area (Å²) in [5.74, 6) is -1.18. The third-order valence-electron chi connectivity index (χ3n) is 9.76. The minimum absolute atomic E-state index is 0.0206. The first-order valence-electron chi connectivity index (χ1n) is 16.3. The second-order valence-corrected chi connectivity index (χ2v) is 21.8. The smallest absolute Gasteiger partial charge is 0.361 e. The van der Waals surface area contributed by atoms with Crippen LogP contribution in [0.1, 0.15) is 41.6 Å². The first kappa shape index (κ1) is 35.2. The van der Waals surface area contributed by atoms with Gasteiger partial charge in [0.15, 0.2) is 0 Å². The quantitative estimate of drug-likeness (QED) is 0.237. The molecule has 2 amide bonds. The van der Waals surface area contributed by atoms with Gasteiger partial charge in [0.1, 0.15) is 30.0 Å². The summed E-state index contributed by atoms with van der Waals surface area (Å²) in [6, 6.07) is 12.5. The zero-order valence-corrected chi connectivity index (χ0v) is 29.6. The average molecular weight is 716 g/mol. The molecule has 15 heteroatoms. The highest BCUT2D eigenvalue weighted by Crippen LogP contribution is 2.49. The standard InChI is InChI=1S/C34H40F3N5O5SSi/c1-22-26(23-9-6-5-7-10-23)16-28(31(43)41(22)20-34(35,36)37)40-48(45,46)25-15-24-17-33(18-29(24)39-19-25)27-11-8-12-38-30(27)42(32(33)44)21-47-13-14-49(2,3)4/h5-12,15,19,22,26,28,40H,13-14,16-18,20-21H2,1-4H3/t22-,26-,28+,33?/m1/s1. The average Bonchev–Trinajstić information content (AvgIpc) is 3.53. The molecule has 1 fully saturated rings. The number of hydrogen-bond acceptors (Lipinski definition) is 7. The van der Waals surface area contributed by atoms with Crippen molar-refractivity contribution in [2.75, 3.05) is 24.8 Å². The van der Waals surface area contributed by atoms with Gasteiger partial charge in [0.25, 0.3) is 0 Å². The van der Waals surface area contributed by atoms with Gasteiger partial charge in [-0.05, 0) is 49.1 Å². The van der Waals surface area contributed by atoms with Crippen molar-refractivity contribution in [1.29, 1.82) is 0 Å². The van der Waals surface area contributed by atoms with Crippen LogP contribution in [0.2, 0.25) is 25.7 Å². The van der Waals surface area contributed by atoms with E-state index in [2.05, 4.69) is 34.3 Å². The first-order chi connectivity index (χ1) is 23.0. The lowest BCUT2D eigenvalue weighted by Gasteiger charge is -2.43. The lowest BCUT2D eigenvalue weighted by Crippen LogP contribution is -2.59. The number of halogens is 3. The highest BCUT2D eigenvalue weighted by molar-refractivity contribution is 7.89. The second kappa shape index (κ2) is 12.9. The summed E-state index contributed by atoms with van der Waals surface area (Å²) in [5.41, 5.74) is 1.50. The molecule has 3 aliphatic rings. The number of fused-ring (bicyclic) bond motifs is 3. The van der Waals surface area contributed by atoms with Gasteiger partial charge in [-0.1, -0.05) is 56.0 Å². The van der Waals surface area contributed by atoms with Crippen LogP contribution in [0.25, 0.3) is 0 Å². The molecule has 4 atom stereocenters. The number of carbonyl (C=O) groups excluding carboxylic acids is 2. The highest BCUT2D eigenvalue weighted by Gasteiger charge is 2.55. The first-order valence-corrected chi connectivity index (χ1v) is 21.5. The number of ether oxygens (including phenoxy) is 1. The predicted molar refractivity (Wildman–Crippen MR) is 179 cm³/mol. The van der Waals surface area contributed by atoms with E-state index in [0.29, 0.717) is 39.7 Å². The van der Waals surface area contributed by atoms with Crippen LogP contribution in [0.15, 0.2) is 65.8 Å². The number of pyridine rings is 2. The summed E-state index contributed by atoms with van der Waals surface area (Å²) in [4.78, 5) is 38.4. The molecule has 1 unspecified atom stereocenters. The number of benzene rings is 1. The van der Waals surface area contributed by atoms with E-state index in [0.717, 1.165) is 6.04 Å². The molecule has 262 valence electrons. The summed E-state index contributed by atoms with van der Waals surface area (Å²) in [7, 11) is -5.76. The van der Waals surface area contributed by atoms with Crippen molar-refractivity contribution in [2.24, 2.45) is 0 Å². The molecule has 49 heavy (non-hydrogen) atoms. The number of nitrogens with zero attached hydrogens (tertiary/aromatic N) is 4. The summed E-state index contributed by atoms with van der Waals surface area (Å²) < 4.78 is 76.6. The van der Waals surface area contributed by atoms with Gasteiger partial charge in [-0.25, -0.2) is 13.4 Å². The Labute approximate surface area is 285 Å². The number of alkyl halides is 3. The summed E-state index contributed by atoms with van der Waals surface area (Å²) in [6.45, 7) is 7.35. The number of nitrogens with one attached hydrogen (secondary N) is 1. The zero-order chi connectivity index (χ0) is 35.4. The van der Waals surface area contributed by atoms with Gasteiger partial charge in [0.2, 0.25) is 21.8 Å². The molecule has 1 saturated heterocycles. The van der Waals surface area contributed by atoms with Crippen molar-refractivity contribution >= 4 is 35.7 Å². The molecule has 3 aromatic rings. The number of anilines is 1. The molecule has 0 radical (unpaired) electrons. The highest BCUT2D eigenvalue weighted by atomic mass is 32.2. The van der Waals surface area contributed by atoms with E-state index in [1.54, 1.807) is 49.5 Å². The van der Waals surface area contributed by atoms with Crippen molar-refractivity contribution in [3.05, 3.63) is 83.3 Å². The van der Waals surface area contributed by atoms with Crippen molar-refractivity contribution in [2.45, 2.75) is 86.4 Å². The van der Waals surface area contributed by atoms with E-state index in [4.69, 9.17) is 4.74 Å².